The molecule has 2 amide bonds. The minimum atomic E-state index is -1.17. The van der Waals surface area contributed by atoms with Crippen LogP contribution in [0.5, 0.6) is 0 Å². The van der Waals surface area contributed by atoms with Gasteiger partial charge in [0.25, 0.3) is 0 Å². The van der Waals surface area contributed by atoms with Crippen molar-refractivity contribution in [3.8, 4) is 0 Å². The summed E-state index contributed by atoms with van der Waals surface area (Å²) in [5, 5.41) is 29.2. The van der Waals surface area contributed by atoms with Crippen LogP contribution in [-0.4, -0.2) is 57.8 Å². The summed E-state index contributed by atoms with van der Waals surface area (Å²) in [6, 6.07) is 8.39. The second kappa shape index (κ2) is 12.3. The molecule has 0 aliphatic heterocycles. The Hall–Kier alpha value is -2.52. The number of aliphatic hydroxyl groups is 2. The van der Waals surface area contributed by atoms with E-state index < -0.39 is 33.8 Å². The predicted octanol–water partition coefficient (Wildman–Crippen LogP) is 7.91. The number of rotatable bonds is 9. The van der Waals surface area contributed by atoms with Crippen molar-refractivity contribution in [1.29, 1.82) is 0 Å². The highest BCUT2D eigenvalue weighted by Gasteiger charge is 2.74. The summed E-state index contributed by atoms with van der Waals surface area (Å²) in [6.45, 7) is 9.12. The lowest BCUT2D eigenvalue weighted by Crippen LogP contribution is -2.67. The Morgan fingerprint density at radius 1 is 1.06 bits per heavy atom. The van der Waals surface area contributed by atoms with Gasteiger partial charge in [0.2, 0.25) is 0 Å². The minimum absolute atomic E-state index is 0.0427. The molecular weight excluding hydrogens is 659 g/mol. The number of benzene rings is 1. The molecule has 8 rings (SSSR count). The first kappa shape index (κ1) is 34.9. The standard InChI is InChI=1S/C40H50ClFN2O4S/c1-25(2)43-35(47)44(19-13-27-7-6-20-49-27)24-39(48)16-12-34-37(39,4)15-11-33-36(3)14-10-26(45)22-38(36)17-18-40(33,34)29(23-38)32(46)21-28-30(41)8-5-9-31(28)42/h5-9,17-18,20,23,25-26,33-34,45,48H,10-16,19,21-22,24H2,1-4H3,(H,43,47). The van der Waals surface area contributed by atoms with E-state index in [4.69, 9.17) is 11.6 Å². The van der Waals surface area contributed by atoms with E-state index in [9.17, 15) is 19.8 Å². The van der Waals surface area contributed by atoms with Gasteiger partial charge in [0.15, 0.2) is 5.78 Å². The van der Waals surface area contributed by atoms with Crippen LogP contribution in [0.25, 0.3) is 0 Å². The summed E-state index contributed by atoms with van der Waals surface area (Å²) in [7, 11) is 0. The fourth-order valence-corrected chi connectivity index (χ4v) is 12.1. The van der Waals surface area contributed by atoms with Crippen LogP contribution in [0.15, 0.2) is 59.5 Å². The van der Waals surface area contributed by atoms with Gasteiger partial charge in [0.1, 0.15) is 5.82 Å². The number of fused-ring (bicyclic) bond motifs is 1. The second-order valence-electron chi connectivity index (χ2n) is 16.5. The number of hydrogen-bond acceptors (Lipinski definition) is 5. The van der Waals surface area contributed by atoms with Crippen LogP contribution in [0.2, 0.25) is 5.02 Å². The Morgan fingerprint density at radius 3 is 2.51 bits per heavy atom. The van der Waals surface area contributed by atoms with Gasteiger partial charge in [-0.1, -0.05) is 55.8 Å². The molecule has 6 aliphatic rings. The van der Waals surface area contributed by atoms with E-state index in [1.807, 2.05) is 25.3 Å². The molecule has 1 aromatic heterocycles. The quantitative estimate of drug-likeness (QED) is 0.231. The first-order chi connectivity index (χ1) is 23.2. The van der Waals surface area contributed by atoms with Gasteiger partial charge in [-0.15, -0.1) is 11.3 Å². The molecule has 8 atom stereocenters. The highest BCUT2D eigenvalue weighted by molar-refractivity contribution is 7.09. The molecule has 3 fully saturated rings. The highest BCUT2D eigenvalue weighted by Crippen LogP contribution is 2.78. The molecule has 264 valence electrons. The van der Waals surface area contributed by atoms with Crippen molar-refractivity contribution in [3.05, 3.63) is 80.8 Å². The fourth-order valence-electron chi connectivity index (χ4n) is 11.2. The van der Waals surface area contributed by atoms with Crippen LogP contribution in [0.3, 0.4) is 0 Å². The number of urea groups is 1. The number of nitrogens with one attached hydrogen (secondary N) is 1. The molecule has 3 saturated carbocycles. The molecule has 2 spiro atoms. The lowest BCUT2D eigenvalue weighted by atomic mass is 9.32. The molecule has 9 heteroatoms. The van der Waals surface area contributed by atoms with Crippen molar-refractivity contribution < 1.29 is 24.2 Å². The number of halogens is 2. The SMILES string of the molecule is CC(C)NC(=O)N(CCc1cccs1)CC1(O)CCC2C34C=CC5(C=C3C(=O)Cc3c(F)cccc3Cl)CC(O)CCC5(C)C4CCC21C. The number of carbonyl (C=O) groups excluding carboxylic acids is 2. The number of allylic oxidation sites excluding steroid dienone is 4. The topological polar surface area (TPSA) is 89.9 Å². The Bertz CT molecular complexity index is 1670. The molecule has 3 N–H and O–H groups in total. The van der Waals surface area contributed by atoms with Crippen LogP contribution in [0, 0.1) is 39.3 Å². The number of carbonyl (C=O) groups is 2. The van der Waals surface area contributed by atoms with Crippen LogP contribution in [0.1, 0.15) is 83.1 Å². The molecule has 2 bridgehead atoms. The third-order valence-electron chi connectivity index (χ3n) is 13.8. The van der Waals surface area contributed by atoms with Crippen LogP contribution in [0.4, 0.5) is 9.18 Å². The van der Waals surface area contributed by atoms with Gasteiger partial charge >= 0.3 is 6.03 Å². The normalized spacial score (nSPS) is 37.3. The molecular formula is C40H50ClFN2O4S. The van der Waals surface area contributed by atoms with E-state index in [-0.39, 0.29) is 58.7 Å². The number of Topliss-reactive ketones (excluding diaryl/α,β-unsaturated/α-hetero) is 1. The third kappa shape index (κ3) is 5.29. The van der Waals surface area contributed by atoms with Gasteiger partial charge in [0, 0.05) is 56.3 Å². The van der Waals surface area contributed by atoms with Gasteiger partial charge in [-0.3, -0.25) is 4.79 Å². The molecule has 8 unspecified atom stereocenters. The summed E-state index contributed by atoms with van der Waals surface area (Å²) in [5.74, 6) is -0.580. The fraction of sp³-hybridized carbons (Fsp3) is 0.600. The van der Waals surface area contributed by atoms with Crippen molar-refractivity contribution >= 4 is 34.8 Å². The van der Waals surface area contributed by atoms with E-state index in [2.05, 4.69) is 43.5 Å². The van der Waals surface area contributed by atoms with Crippen molar-refractivity contribution in [1.82, 2.24) is 10.2 Å². The summed E-state index contributed by atoms with van der Waals surface area (Å²) >= 11 is 8.13. The first-order valence-electron chi connectivity index (χ1n) is 18.1. The average Bonchev–Trinajstić information content (AvgIpc) is 3.66. The van der Waals surface area contributed by atoms with Crippen molar-refractivity contribution in [2.75, 3.05) is 13.1 Å². The van der Waals surface area contributed by atoms with Gasteiger partial charge in [-0.05, 0) is 106 Å². The zero-order chi connectivity index (χ0) is 35.0. The molecule has 0 radical (unpaired) electrons. The third-order valence-corrected chi connectivity index (χ3v) is 15.1. The Kier molecular flexibility index (Phi) is 8.77. The maximum Gasteiger partial charge on any atom is 0.317 e. The van der Waals surface area contributed by atoms with Crippen molar-refractivity contribution in [2.24, 2.45) is 33.5 Å². The largest absolute Gasteiger partial charge is 0.393 e. The summed E-state index contributed by atoms with van der Waals surface area (Å²) in [4.78, 5) is 31.3. The van der Waals surface area contributed by atoms with Crippen molar-refractivity contribution in [2.45, 2.75) is 103 Å². The number of ketones is 1. The Morgan fingerprint density at radius 2 is 1.80 bits per heavy atom. The number of thiophene rings is 1. The highest BCUT2D eigenvalue weighted by atomic mass is 35.5. The van der Waals surface area contributed by atoms with Crippen LogP contribution < -0.4 is 5.32 Å². The number of nitrogens with zero attached hydrogens (tertiary/aromatic N) is 1. The molecule has 49 heavy (non-hydrogen) atoms. The number of amides is 2. The minimum Gasteiger partial charge on any atom is -0.393 e. The lowest BCUT2D eigenvalue weighted by molar-refractivity contribution is -0.177. The van der Waals surface area contributed by atoms with E-state index in [1.165, 1.54) is 10.9 Å². The first-order valence-corrected chi connectivity index (χ1v) is 19.3. The van der Waals surface area contributed by atoms with Crippen LogP contribution in [-0.2, 0) is 17.6 Å². The predicted molar refractivity (Wildman–Crippen MR) is 192 cm³/mol. The second-order valence-corrected chi connectivity index (χ2v) is 17.9. The smallest absolute Gasteiger partial charge is 0.317 e. The van der Waals surface area contributed by atoms with E-state index >= 15 is 4.39 Å². The summed E-state index contributed by atoms with van der Waals surface area (Å²) in [6.07, 6.45) is 11.7. The van der Waals surface area contributed by atoms with E-state index in [0.29, 0.717) is 37.8 Å². The summed E-state index contributed by atoms with van der Waals surface area (Å²) < 4.78 is 15.1. The maximum absolute atomic E-state index is 15.1. The van der Waals surface area contributed by atoms with E-state index in [1.54, 1.807) is 28.4 Å². The lowest BCUT2D eigenvalue weighted by Gasteiger charge is -2.71. The zero-order valence-corrected chi connectivity index (χ0v) is 30.7. The Labute approximate surface area is 298 Å². The van der Waals surface area contributed by atoms with Gasteiger partial charge in [0.05, 0.1) is 18.2 Å². The molecule has 1 aromatic carbocycles. The molecule has 0 saturated heterocycles. The van der Waals surface area contributed by atoms with Gasteiger partial charge in [-0.25, -0.2) is 9.18 Å². The monoisotopic (exact) mass is 708 g/mol. The average molecular weight is 709 g/mol. The zero-order valence-electron chi connectivity index (χ0n) is 29.1. The van der Waals surface area contributed by atoms with Gasteiger partial charge in [-0.2, -0.15) is 0 Å². The molecule has 6 nitrogen and oxygen atoms in total. The summed E-state index contributed by atoms with van der Waals surface area (Å²) in [5.41, 5.74) is -2.18. The number of hydrogen-bond donors (Lipinski definition) is 3. The van der Waals surface area contributed by atoms with E-state index in [0.717, 1.165) is 25.7 Å². The maximum atomic E-state index is 15.1. The molecule has 2 aromatic rings. The van der Waals surface area contributed by atoms with Gasteiger partial charge < -0.3 is 20.4 Å². The van der Waals surface area contributed by atoms with Crippen molar-refractivity contribution in [3.63, 3.8) is 0 Å². The van der Waals surface area contributed by atoms with Crippen LogP contribution >= 0.6 is 22.9 Å². The molecule has 1 heterocycles. The Balaban J connectivity index is 1.28. The number of aliphatic hydroxyl groups excluding tert-OH is 1. The molecule has 6 aliphatic carbocycles.